The molecule has 3 nitrogen and oxygen atoms in total. The Morgan fingerprint density at radius 2 is 1.73 bits per heavy atom. The Morgan fingerprint density at radius 1 is 1.04 bits per heavy atom. The third kappa shape index (κ3) is 2.22. The van der Waals surface area contributed by atoms with Crippen LogP contribution in [0.2, 0.25) is 0 Å². The summed E-state index contributed by atoms with van der Waals surface area (Å²) >= 11 is 0. The Hall–Kier alpha value is -1.74. The Balaban J connectivity index is 0.00000168. The van der Waals surface area contributed by atoms with E-state index < -0.39 is 0 Å². The van der Waals surface area contributed by atoms with Crippen LogP contribution in [-0.4, -0.2) is 9.38 Å². The predicted molar refractivity (Wildman–Crippen MR) is 101 cm³/mol. The van der Waals surface area contributed by atoms with Crippen molar-refractivity contribution < 1.29 is 24.8 Å². The van der Waals surface area contributed by atoms with Gasteiger partial charge >= 0.3 is 0 Å². The van der Waals surface area contributed by atoms with E-state index >= 15 is 0 Å². The summed E-state index contributed by atoms with van der Waals surface area (Å²) < 4.78 is 8.56. The number of benzene rings is 2. The van der Waals surface area contributed by atoms with Gasteiger partial charge in [-0.1, -0.05) is 6.07 Å². The number of pyridine rings is 1. The third-order valence-electron chi connectivity index (χ3n) is 5.43. The molecule has 4 aromatic rings. The van der Waals surface area contributed by atoms with Crippen LogP contribution >= 0.6 is 0 Å². The van der Waals surface area contributed by atoms with Crippen LogP contribution in [0.4, 0.5) is 0 Å². The molecule has 0 spiro atoms. The molecule has 1 aliphatic heterocycles. The van der Waals surface area contributed by atoms with E-state index in [0.29, 0.717) is 0 Å². The molecule has 0 aliphatic carbocycles. The second-order valence-corrected chi connectivity index (χ2v) is 8.07. The SMILES string of the molecule is Cc1cc2ccc[c-]c2c2nc3cc4c(cc3n12)C(C)(C)OC4(C)C.[Ir]. The van der Waals surface area contributed by atoms with Gasteiger partial charge in [-0.2, -0.15) is 0 Å². The molecular formula is C22H21IrN2O-. The van der Waals surface area contributed by atoms with Crippen molar-refractivity contribution in [2.24, 2.45) is 0 Å². The number of aryl methyl sites for hydroxylation is 1. The van der Waals surface area contributed by atoms with Gasteiger partial charge in [-0.25, -0.2) is 0 Å². The molecule has 26 heavy (non-hydrogen) atoms. The van der Waals surface area contributed by atoms with Gasteiger partial charge in [0.25, 0.3) is 0 Å². The fourth-order valence-corrected chi connectivity index (χ4v) is 4.45. The van der Waals surface area contributed by atoms with Crippen LogP contribution in [0.3, 0.4) is 0 Å². The zero-order valence-electron chi connectivity index (χ0n) is 15.6. The van der Waals surface area contributed by atoms with Crippen molar-refractivity contribution in [3.8, 4) is 0 Å². The van der Waals surface area contributed by atoms with Gasteiger partial charge in [0.2, 0.25) is 0 Å². The van der Waals surface area contributed by atoms with Gasteiger partial charge in [0.1, 0.15) is 0 Å². The first-order chi connectivity index (χ1) is 11.8. The first-order valence-corrected chi connectivity index (χ1v) is 8.75. The number of aromatic nitrogens is 2. The Labute approximate surface area is 166 Å². The fourth-order valence-electron chi connectivity index (χ4n) is 4.45. The van der Waals surface area contributed by atoms with Crippen molar-refractivity contribution in [3.63, 3.8) is 0 Å². The van der Waals surface area contributed by atoms with Gasteiger partial charge in [0, 0.05) is 25.8 Å². The quantitative estimate of drug-likeness (QED) is 0.296. The number of rotatable bonds is 0. The molecule has 0 bridgehead atoms. The monoisotopic (exact) mass is 522 g/mol. The molecule has 0 atom stereocenters. The maximum Gasteiger partial charge on any atom is 0.0891 e. The van der Waals surface area contributed by atoms with Crippen LogP contribution in [0.5, 0.6) is 0 Å². The van der Waals surface area contributed by atoms with Crippen LogP contribution < -0.4 is 0 Å². The van der Waals surface area contributed by atoms with Gasteiger partial charge in [0.05, 0.1) is 27.9 Å². The number of fused-ring (bicyclic) bond motifs is 6. The average molecular weight is 522 g/mol. The van der Waals surface area contributed by atoms with Crippen LogP contribution in [0.15, 0.2) is 36.4 Å². The van der Waals surface area contributed by atoms with E-state index in [9.17, 15) is 0 Å². The second kappa shape index (κ2) is 5.39. The van der Waals surface area contributed by atoms with Gasteiger partial charge in [-0.05, 0) is 57.9 Å². The van der Waals surface area contributed by atoms with Crippen molar-refractivity contribution in [2.75, 3.05) is 0 Å². The summed E-state index contributed by atoms with van der Waals surface area (Å²) in [5.74, 6) is 0. The molecule has 0 N–H and O–H groups in total. The Morgan fingerprint density at radius 3 is 2.46 bits per heavy atom. The summed E-state index contributed by atoms with van der Waals surface area (Å²) in [6.07, 6.45) is 0. The van der Waals surface area contributed by atoms with Gasteiger partial charge < -0.3 is 9.14 Å². The summed E-state index contributed by atoms with van der Waals surface area (Å²) in [6, 6.07) is 16.1. The van der Waals surface area contributed by atoms with Gasteiger partial charge in [-0.3, -0.25) is 4.98 Å². The molecule has 1 radical (unpaired) electrons. The van der Waals surface area contributed by atoms with Crippen molar-refractivity contribution in [1.29, 1.82) is 0 Å². The Bertz CT molecular complexity index is 1190. The van der Waals surface area contributed by atoms with Crippen molar-refractivity contribution >= 4 is 27.5 Å². The molecule has 0 amide bonds. The smallest absolute Gasteiger partial charge is 0.0891 e. The fraction of sp³-hybridized carbons (Fsp3) is 0.318. The topological polar surface area (TPSA) is 26.5 Å². The first-order valence-electron chi connectivity index (χ1n) is 8.75. The first kappa shape index (κ1) is 17.7. The minimum absolute atomic E-state index is 0. The van der Waals surface area contributed by atoms with E-state index in [-0.39, 0.29) is 31.3 Å². The maximum atomic E-state index is 6.32. The molecule has 135 valence electrons. The summed E-state index contributed by atoms with van der Waals surface area (Å²) in [5, 5.41) is 2.25. The normalized spacial score (nSPS) is 17.6. The minimum Gasteiger partial charge on any atom is -0.360 e. The summed E-state index contributed by atoms with van der Waals surface area (Å²) in [4.78, 5) is 4.97. The van der Waals surface area contributed by atoms with E-state index in [1.807, 2.05) is 12.1 Å². The van der Waals surface area contributed by atoms with Gasteiger partial charge in [-0.15, -0.1) is 35.0 Å². The zero-order valence-corrected chi connectivity index (χ0v) is 18.0. The van der Waals surface area contributed by atoms with E-state index in [1.54, 1.807) is 0 Å². The molecule has 0 unspecified atom stereocenters. The van der Waals surface area contributed by atoms with Crippen molar-refractivity contribution in [1.82, 2.24) is 9.38 Å². The largest absolute Gasteiger partial charge is 0.360 e. The second-order valence-electron chi connectivity index (χ2n) is 8.07. The van der Waals surface area contributed by atoms with E-state index in [0.717, 1.165) is 22.1 Å². The van der Waals surface area contributed by atoms with E-state index in [1.165, 1.54) is 22.2 Å². The molecule has 0 fully saturated rings. The van der Waals surface area contributed by atoms with Crippen LogP contribution in [0.1, 0.15) is 44.5 Å². The molecule has 4 heteroatoms. The molecule has 0 saturated carbocycles. The van der Waals surface area contributed by atoms with E-state index in [4.69, 9.17) is 9.72 Å². The van der Waals surface area contributed by atoms with Crippen LogP contribution in [-0.2, 0) is 36.0 Å². The summed E-state index contributed by atoms with van der Waals surface area (Å²) in [7, 11) is 0. The van der Waals surface area contributed by atoms with Crippen LogP contribution in [0.25, 0.3) is 27.5 Å². The molecule has 0 saturated heterocycles. The molecule has 5 rings (SSSR count). The van der Waals surface area contributed by atoms with Crippen LogP contribution in [0, 0.1) is 13.0 Å². The molecular weight excluding hydrogens is 500 g/mol. The minimum atomic E-state index is -0.300. The zero-order chi connectivity index (χ0) is 17.6. The number of nitrogens with zero attached hydrogens (tertiary/aromatic N) is 2. The predicted octanol–water partition coefficient (Wildman–Crippen LogP) is 5.25. The number of hydrogen-bond donors (Lipinski definition) is 0. The van der Waals surface area contributed by atoms with Crippen molar-refractivity contribution in [2.45, 2.75) is 45.8 Å². The molecule has 2 aromatic heterocycles. The van der Waals surface area contributed by atoms with Crippen molar-refractivity contribution in [3.05, 3.63) is 59.3 Å². The summed E-state index contributed by atoms with van der Waals surface area (Å²) in [5.41, 5.74) is 6.20. The maximum absolute atomic E-state index is 6.32. The van der Waals surface area contributed by atoms with Gasteiger partial charge in [0.15, 0.2) is 0 Å². The summed E-state index contributed by atoms with van der Waals surface area (Å²) in [6.45, 7) is 10.7. The number of imidazole rings is 1. The molecule has 3 heterocycles. The molecule has 1 aliphatic rings. The average Bonchev–Trinajstić information content (AvgIpc) is 2.99. The standard InChI is InChI=1S/C22H21N2O.Ir/c1-13-10-14-8-6-7-9-15(14)20-23-18-11-16-17(12-19(18)24(13)20)22(4,5)25-21(16,2)3;/h6-8,10-12H,1-5H3;/q-1;. The third-order valence-corrected chi connectivity index (χ3v) is 5.43. The molecule has 2 aromatic carbocycles. The number of ether oxygens (including phenoxy) is 1. The van der Waals surface area contributed by atoms with E-state index in [2.05, 4.69) is 69.4 Å². The Kier molecular flexibility index (Phi) is 3.66. The number of hydrogen-bond acceptors (Lipinski definition) is 2.